The fourth-order valence-electron chi connectivity index (χ4n) is 1.93. The summed E-state index contributed by atoms with van der Waals surface area (Å²) < 4.78 is 32.7. The normalized spacial score (nSPS) is 10.5. The molecule has 1 aromatic heterocycles. The van der Waals surface area contributed by atoms with Gasteiger partial charge in [-0.05, 0) is 23.8 Å². The Labute approximate surface area is 156 Å². The second-order valence-corrected chi connectivity index (χ2v) is 7.22. The van der Waals surface area contributed by atoms with Crippen LogP contribution in [0.5, 0.6) is 5.75 Å². The molecule has 0 aliphatic carbocycles. The molecule has 1 N–H and O–H groups in total. The molecule has 0 atom stereocenters. The molecule has 2 aromatic carbocycles. The molecule has 5 nitrogen and oxygen atoms in total. The molecule has 0 bridgehead atoms. The van der Waals surface area contributed by atoms with Gasteiger partial charge in [0.25, 0.3) is 5.91 Å². The molecule has 3 rings (SSSR count). The van der Waals surface area contributed by atoms with Crippen molar-refractivity contribution in [3.63, 3.8) is 0 Å². The average Bonchev–Trinajstić information content (AvgIpc) is 3.08. The minimum Gasteiger partial charge on any atom is -0.481 e. The maximum atomic E-state index is 13.6. The summed E-state index contributed by atoms with van der Waals surface area (Å²) in [4.78, 5) is 11.9. The number of amides is 1. The van der Waals surface area contributed by atoms with E-state index in [0.29, 0.717) is 20.8 Å². The lowest BCUT2D eigenvalue weighted by atomic mass is 10.2. The first-order chi connectivity index (χ1) is 12.6. The van der Waals surface area contributed by atoms with E-state index in [9.17, 15) is 13.6 Å². The monoisotopic (exact) mass is 393 g/mol. The number of aromatic nitrogens is 2. The van der Waals surface area contributed by atoms with Gasteiger partial charge in [-0.3, -0.25) is 10.1 Å². The number of thioether (sulfide) groups is 1. The smallest absolute Gasteiger partial charge is 0.264 e. The fraction of sp³-hybridized carbons (Fsp3) is 0.118. The maximum Gasteiger partial charge on any atom is 0.264 e. The lowest BCUT2D eigenvalue weighted by molar-refractivity contribution is -0.118. The van der Waals surface area contributed by atoms with Gasteiger partial charge in [0.2, 0.25) is 5.13 Å². The minimum absolute atomic E-state index is 0.000969. The Hall–Kier alpha value is -2.52. The van der Waals surface area contributed by atoms with Crippen LogP contribution in [0.3, 0.4) is 0 Å². The largest absolute Gasteiger partial charge is 0.481 e. The second kappa shape index (κ2) is 8.72. The van der Waals surface area contributed by atoms with E-state index < -0.39 is 11.7 Å². The number of carbonyl (C=O) groups excluding carboxylic acids is 1. The third-order valence-electron chi connectivity index (χ3n) is 3.16. The zero-order valence-corrected chi connectivity index (χ0v) is 14.9. The van der Waals surface area contributed by atoms with Gasteiger partial charge in [0.1, 0.15) is 5.82 Å². The number of ether oxygens (including phenoxy) is 1. The Kier molecular flexibility index (Phi) is 6.13. The minimum atomic E-state index is -0.539. The Morgan fingerprint density at radius 3 is 2.58 bits per heavy atom. The lowest BCUT2D eigenvalue weighted by Gasteiger charge is -2.05. The van der Waals surface area contributed by atoms with Crippen LogP contribution in [-0.4, -0.2) is 22.7 Å². The van der Waals surface area contributed by atoms with Gasteiger partial charge in [-0.1, -0.05) is 53.4 Å². The number of para-hydroxylation sites is 1. The zero-order valence-electron chi connectivity index (χ0n) is 13.3. The van der Waals surface area contributed by atoms with Gasteiger partial charge < -0.3 is 4.74 Å². The molecule has 3 aromatic rings. The Balaban J connectivity index is 1.49. The number of carbonyl (C=O) groups is 1. The molecule has 0 radical (unpaired) electrons. The van der Waals surface area contributed by atoms with E-state index in [1.165, 1.54) is 47.4 Å². The van der Waals surface area contributed by atoms with Crippen molar-refractivity contribution >= 4 is 34.1 Å². The SMILES string of the molecule is O=C(COc1ccccc1F)Nc1nnc(SCc2ccccc2F)s1. The van der Waals surface area contributed by atoms with Gasteiger partial charge in [0.05, 0.1) is 0 Å². The van der Waals surface area contributed by atoms with Crippen molar-refractivity contribution in [1.82, 2.24) is 10.2 Å². The van der Waals surface area contributed by atoms with Crippen molar-refractivity contribution in [1.29, 1.82) is 0 Å². The highest BCUT2D eigenvalue weighted by Gasteiger charge is 2.11. The lowest BCUT2D eigenvalue weighted by Crippen LogP contribution is -2.20. The molecule has 0 saturated heterocycles. The predicted molar refractivity (Wildman–Crippen MR) is 96.4 cm³/mol. The van der Waals surface area contributed by atoms with Gasteiger partial charge in [-0.2, -0.15) is 0 Å². The van der Waals surface area contributed by atoms with E-state index >= 15 is 0 Å². The van der Waals surface area contributed by atoms with E-state index in [1.54, 1.807) is 24.3 Å². The van der Waals surface area contributed by atoms with Gasteiger partial charge >= 0.3 is 0 Å². The number of anilines is 1. The third kappa shape index (κ3) is 4.99. The first-order valence-corrected chi connectivity index (χ1v) is 9.29. The molecular formula is C17H13F2N3O2S2. The molecule has 1 amide bonds. The Bertz CT molecular complexity index is 905. The maximum absolute atomic E-state index is 13.6. The molecule has 1 heterocycles. The highest BCUT2D eigenvalue weighted by Crippen LogP contribution is 2.29. The van der Waals surface area contributed by atoms with E-state index in [-0.39, 0.29) is 18.2 Å². The number of benzene rings is 2. The summed E-state index contributed by atoms with van der Waals surface area (Å²) in [6, 6.07) is 12.3. The summed E-state index contributed by atoms with van der Waals surface area (Å²) in [5, 5.41) is 10.6. The average molecular weight is 393 g/mol. The molecule has 0 saturated carbocycles. The van der Waals surface area contributed by atoms with Crippen LogP contribution in [0.15, 0.2) is 52.9 Å². The topological polar surface area (TPSA) is 64.1 Å². The van der Waals surface area contributed by atoms with Crippen LogP contribution in [0.25, 0.3) is 0 Å². The van der Waals surface area contributed by atoms with Crippen molar-refractivity contribution < 1.29 is 18.3 Å². The summed E-state index contributed by atoms with van der Waals surface area (Å²) >= 11 is 2.49. The number of nitrogens with zero attached hydrogens (tertiary/aromatic N) is 2. The number of hydrogen-bond acceptors (Lipinski definition) is 6. The van der Waals surface area contributed by atoms with Crippen molar-refractivity contribution in [2.24, 2.45) is 0 Å². The highest BCUT2D eigenvalue weighted by molar-refractivity contribution is 8.00. The van der Waals surface area contributed by atoms with E-state index in [4.69, 9.17) is 4.74 Å². The second-order valence-electron chi connectivity index (χ2n) is 5.02. The van der Waals surface area contributed by atoms with Crippen LogP contribution >= 0.6 is 23.1 Å². The summed E-state index contributed by atoms with van der Waals surface area (Å²) in [5.41, 5.74) is 0.566. The van der Waals surface area contributed by atoms with E-state index in [0.717, 1.165) is 0 Å². The summed E-state index contributed by atoms with van der Waals surface area (Å²) in [6.45, 7) is -0.349. The molecule has 26 heavy (non-hydrogen) atoms. The number of rotatable bonds is 7. The van der Waals surface area contributed by atoms with Crippen LogP contribution in [0.4, 0.5) is 13.9 Å². The molecule has 0 fully saturated rings. The van der Waals surface area contributed by atoms with Gasteiger partial charge in [-0.15, -0.1) is 10.2 Å². The van der Waals surface area contributed by atoms with Crippen molar-refractivity contribution in [3.05, 3.63) is 65.7 Å². The summed E-state index contributed by atoms with van der Waals surface area (Å²) in [5.74, 6) is -0.881. The van der Waals surface area contributed by atoms with Crippen molar-refractivity contribution in [2.75, 3.05) is 11.9 Å². The van der Waals surface area contributed by atoms with Crippen molar-refractivity contribution in [2.45, 2.75) is 10.1 Å². The van der Waals surface area contributed by atoms with Gasteiger partial charge in [-0.25, -0.2) is 8.78 Å². The Morgan fingerprint density at radius 1 is 1.08 bits per heavy atom. The van der Waals surface area contributed by atoms with Crippen LogP contribution in [0, 0.1) is 11.6 Å². The molecule has 9 heteroatoms. The predicted octanol–water partition coefficient (Wildman–Crippen LogP) is 4.13. The quantitative estimate of drug-likeness (QED) is 0.483. The summed E-state index contributed by atoms with van der Waals surface area (Å²) in [6.07, 6.45) is 0. The molecule has 0 spiro atoms. The van der Waals surface area contributed by atoms with Gasteiger partial charge in [0, 0.05) is 5.75 Å². The van der Waals surface area contributed by atoms with E-state index in [2.05, 4.69) is 15.5 Å². The first-order valence-electron chi connectivity index (χ1n) is 7.48. The standard InChI is InChI=1S/C17H13F2N3O2S2/c18-12-6-2-1-5-11(12)10-25-17-22-21-16(26-17)20-15(23)9-24-14-8-4-3-7-13(14)19/h1-8H,9-10H2,(H,20,21,23). The first kappa shape index (κ1) is 18.3. The van der Waals surface area contributed by atoms with Crippen LogP contribution in [-0.2, 0) is 10.5 Å². The third-order valence-corrected chi connectivity index (χ3v) is 5.18. The highest BCUT2D eigenvalue weighted by atomic mass is 32.2. The van der Waals surface area contributed by atoms with Crippen LogP contribution < -0.4 is 10.1 Å². The number of nitrogens with one attached hydrogen (secondary N) is 1. The van der Waals surface area contributed by atoms with E-state index in [1.807, 2.05) is 0 Å². The molecule has 134 valence electrons. The molecular weight excluding hydrogens is 380 g/mol. The Morgan fingerprint density at radius 2 is 1.81 bits per heavy atom. The number of hydrogen-bond donors (Lipinski definition) is 1. The molecule has 0 aliphatic heterocycles. The van der Waals surface area contributed by atoms with Crippen LogP contribution in [0.1, 0.15) is 5.56 Å². The molecule has 0 unspecified atom stereocenters. The molecule has 0 aliphatic rings. The summed E-state index contributed by atoms with van der Waals surface area (Å²) in [7, 11) is 0. The van der Waals surface area contributed by atoms with Gasteiger partial charge in [0.15, 0.2) is 22.5 Å². The zero-order chi connectivity index (χ0) is 18.4. The van der Waals surface area contributed by atoms with Crippen molar-refractivity contribution in [3.8, 4) is 5.75 Å². The van der Waals surface area contributed by atoms with Crippen LogP contribution in [0.2, 0.25) is 0 Å². The number of halogens is 2. The fourth-order valence-corrected chi connectivity index (χ4v) is 3.69.